The number of ether oxygens (including phenoxy) is 2. The molecule has 0 atom stereocenters. The molecule has 2 aliphatic rings. The summed E-state index contributed by atoms with van der Waals surface area (Å²) in [4.78, 5) is 30.1. The van der Waals surface area contributed by atoms with Crippen LogP contribution >= 0.6 is 11.3 Å². The Morgan fingerprint density at radius 2 is 1.78 bits per heavy atom. The van der Waals surface area contributed by atoms with Gasteiger partial charge in [-0.2, -0.15) is 0 Å². The van der Waals surface area contributed by atoms with Gasteiger partial charge in [-0.05, 0) is 29.6 Å². The van der Waals surface area contributed by atoms with Crippen LogP contribution < -0.4 is 9.47 Å². The van der Waals surface area contributed by atoms with Crippen molar-refractivity contribution in [1.82, 2.24) is 9.80 Å². The Hall–Kier alpha value is -2.38. The smallest absolute Gasteiger partial charge is 0.227 e. The van der Waals surface area contributed by atoms with Crippen molar-refractivity contribution in [1.29, 1.82) is 0 Å². The van der Waals surface area contributed by atoms with Gasteiger partial charge in [-0.1, -0.05) is 6.07 Å². The van der Waals surface area contributed by atoms with E-state index in [1.54, 1.807) is 29.5 Å². The first kappa shape index (κ1) is 18.0. The predicted octanol–water partition coefficient (Wildman–Crippen LogP) is 2.09. The van der Waals surface area contributed by atoms with Crippen LogP contribution in [0.4, 0.5) is 0 Å². The molecule has 0 bridgehead atoms. The molecule has 0 aliphatic carbocycles. The van der Waals surface area contributed by atoms with Crippen molar-refractivity contribution in [3.05, 3.63) is 46.2 Å². The zero-order valence-electron chi connectivity index (χ0n) is 15.1. The molecular formula is C20H22N2O4S. The van der Waals surface area contributed by atoms with Crippen LogP contribution in [0.5, 0.6) is 11.5 Å². The van der Waals surface area contributed by atoms with Crippen LogP contribution in [0, 0.1) is 0 Å². The second-order valence-corrected chi connectivity index (χ2v) is 7.73. The fourth-order valence-corrected chi connectivity index (χ4v) is 4.04. The average Bonchev–Trinajstić information content (AvgIpc) is 3.21. The number of carbonyl (C=O) groups is 2. The number of carbonyl (C=O) groups excluding carboxylic acids is 2. The molecule has 27 heavy (non-hydrogen) atoms. The summed E-state index contributed by atoms with van der Waals surface area (Å²) in [5, 5.41) is 1.99. The lowest BCUT2D eigenvalue weighted by Gasteiger charge is -2.34. The molecule has 0 radical (unpaired) electrons. The third-order valence-corrected chi connectivity index (χ3v) is 5.74. The second-order valence-electron chi connectivity index (χ2n) is 6.69. The molecule has 1 aromatic carbocycles. The minimum absolute atomic E-state index is 0.0605. The number of ketones is 1. The van der Waals surface area contributed by atoms with Crippen molar-refractivity contribution in [3.8, 4) is 11.5 Å². The van der Waals surface area contributed by atoms with Crippen LogP contribution in [0.3, 0.4) is 0 Å². The maximum absolute atomic E-state index is 12.6. The largest absolute Gasteiger partial charge is 0.486 e. The highest BCUT2D eigenvalue weighted by Crippen LogP contribution is 2.30. The second kappa shape index (κ2) is 8.10. The first-order valence-electron chi connectivity index (χ1n) is 9.14. The predicted molar refractivity (Wildman–Crippen MR) is 103 cm³/mol. The van der Waals surface area contributed by atoms with Crippen LogP contribution in [0.1, 0.15) is 15.2 Å². The highest BCUT2D eigenvalue weighted by atomic mass is 32.1. The number of nitrogens with zero attached hydrogens (tertiary/aromatic N) is 2. The quantitative estimate of drug-likeness (QED) is 0.737. The van der Waals surface area contributed by atoms with Crippen LogP contribution in [-0.2, 0) is 11.2 Å². The standard InChI is InChI=1S/C20H22N2O4S/c23-17(15-3-4-18-19(12-15)26-10-9-25-18)14-21-5-7-22(8-6-21)20(24)13-16-2-1-11-27-16/h1-4,11-12H,5-10,13-14H2. The van der Waals surface area contributed by atoms with Crippen LogP contribution in [0.15, 0.2) is 35.7 Å². The summed E-state index contributed by atoms with van der Waals surface area (Å²) in [6.45, 7) is 4.16. The van der Waals surface area contributed by atoms with Crippen molar-refractivity contribution in [2.75, 3.05) is 45.9 Å². The maximum Gasteiger partial charge on any atom is 0.227 e. The fraction of sp³-hybridized carbons (Fsp3) is 0.400. The molecule has 2 aromatic rings. The Balaban J connectivity index is 1.28. The number of Topliss-reactive ketones (excluding diaryl/α,β-unsaturated/α-hetero) is 1. The third kappa shape index (κ3) is 4.31. The summed E-state index contributed by atoms with van der Waals surface area (Å²) in [7, 11) is 0. The van der Waals surface area contributed by atoms with Crippen molar-refractivity contribution in [2.24, 2.45) is 0 Å². The Morgan fingerprint density at radius 3 is 2.52 bits per heavy atom. The van der Waals surface area contributed by atoms with Gasteiger partial charge in [-0.25, -0.2) is 0 Å². The van der Waals surface area contributed by atoms with Crippen molar-refractivity contribution < 1.29 is 19.1 Å². The van der Waals surface area contributed by atoms with Gasteiger partial charge >= 0.3 is 0 Å². The summed E-state index contributed by atoms with van der Waals surface area (Å²) in [6, 6.07) is 9.30. The van der Waals surface area contributed by atoms with E-state index in [9.17, 15) is 9.59 Å². The van der Waals surface area contributed by atoms with Crippen LogP contribution in [0.2, 0.25) is 0 Å². The molecule has 1 saturated heterocycles. The van der Waals surface area contributed by atoms with Crippen molar-refractivity contribution in [3.63, 3.8) is 0 Å². The van der Waals surface area contributed by atoms with E-state index in [2.05, 4.69) is 4.90 Å². The molecule has 6 nitrogen and oxygen atoms in total. The van der Waals surface area contributed by atoms with Gasteiger partial charge in [0.25, 0.3) is 0 Å². The van der Waals surface area contributed by atoms with Gasteiger partial charge in [0.1, 0.15) is 13.2 Å². The van der Waals surface area contributed by atoms with Crippen molar-refractivity contribution >= 4 is 23.0 Å². The number of fused-ring (bicyclic) bond motifs is 1. The molecule has 7 heteroatoms. The molecule has 4 rings (SSSR count). The van der Waals surface area contributed by atoms with Gasteiger partial charge in [0, 0.05) is 36.6 Å². The number of benzene rings is 1. The topological polar surface area (TPSA) is 59.1 Å². The normalized spacial score (nSPS) is 17.0. The average molecular weight is 386 g/mol. The number of rotatable bonds is 5. The molecule has 1 aromatic heterocycles. The van der Waals surface area contributed by atoms with E-state index in [-0.39, 0.29) is 11.7 Å². The highest BCUT2D eigenvalue weighted by molar-refractivity contribution is 7.10. The number of hydrogen-bond donors (Lipinski definition) is 0. The molecule has 0 spiro atoms. The van der Waals surface area contributed by atoms with Gasteiger partial charge in [-0.3, -0.25) is 14.5 Å². The third-order valence-electron chi connectivity index (χ3n) is 4.86. The van der Waals surface area contributed by atoms with Crippen LogP contribution in [-0.4, -0.2) is 67.4 Å². The van der Waals surface area contributed by atoms with E-state index in [4.69, 9.17) is 9.47 Å². The zero-order valence-corrected chi connectivity index (χ0v) is 15.9. The Bertz CT molecular complexity index is 813. The molecule has 0 N–H and O–H groups in total. The molecule has 0 saturated carbocycles. The molecule has 1 fully saturated rings. The van der Waals surface area contributed by atoms with Crippen molar-refractivity contribution in [2.45, 2.75) is 6.42 Å². The minimum atomic E-state index is 0.0605. The molecule has 142 valence electrons. The molecule has 3 heterocycles. The summed E-state index contributed by atoms with van der Waals surface area (Å²) >= 11 is 1.61. The monoisotopic (exact) mass is 386 g/mol. The van der Waals surface area contributed by atoms with E-state index in [0.717, 1.165) is 4.88 Å². The van der Waals surface area contributed by atoms with E-state index in [1.165, 1.54) is 0 Å². The Labute approximate surface area is 162 Å². The lowest BCUT2D eigenvalue weighted by atomic mass is 10.1. The molecule has 0 unspecified atom stereocenters. The molecule has 2 aliphatic heterocycles. The van der Waals surface area contributed by atoms with Gasteiger partial charge in [0.2, 0.25) is 5.91 Å². The van der Waals surface area contributed by atoms with Gasteiger partial charge < -0.3 is 14.4 Å². The van der Waals surface area contributed by atoms with Gasteiger partial charge in [0.05, 0.1) is 13.0 Å². The van der Waals surface area contributed by atoms with E-state index in [0.29, 0.717) is 69.4 Å². The molecule has 1 amide bonds. The number of hydrogen-bond acceptors (Lipinski definition) is 6. The fourth-order valence-electron chi connectivity index (χ4n) is 3.34. The summed E-state index contributed by atoms with van der Waals surface area (Å²) in [5.41, 5.74) is 0.635. The number of amides is 1. The van der Waals surface area contributed by atoms with E-state index < -0.39 is 0 Å². The number of piperazine rings is 1. The number of thiophene rings is 1. The summed E-state index contributed by atoms with van der Waals surface area (Å²) in [6.07, 6.45) is 0.466. The first-order chi connectivity index (χ1) is 13.2. The Morgan fingerprint density at radius 1 is 1.00 bits per heavy atom. The lowest BCUT2D eigenvalue weighted by Crippen LogP contribution is -2.50. The van der Waals surface area contributed by atoms with E-state index >= 15 is 0 Å². The zero-order chi connectivity index (χ0) is 18.6. The maximum atomic E-state index is 12.6. The van der Waals surface area contributed by atoms with E-state index in [1.807, 2.05) is 22.4 Å². The Kier molecular flexibility index (Phi) is 5.40. The minimum Gasteiger partial charge on any atom is -0.486 e. The van der Waals surface area contributed by atoms with Crippen LogP contribution in [0.25, 0.3) is 0 Å². The SMILES string of the molecule is O=C(CN1CCN(C(=O)Cc2cccs2)CC1)c1ccc2c(c1)OCCO2. The summed E-state index contributed by atoms with van der Waals surface area (Å²) in [5.74, 6) is 1.55. The lowest BCUT2D eigenvalue weighted by molar-refractivity contribution is -0.132. The van der Waals surface area contributed by atoms with Gasteiger partial charge in [-0.15, -0.1) is 11.3 Å². The highest BCUT2D eigenvalue weighted by Gasteiger charge is 2.23. The van der Waals surface area contributed by atoms with Gasteiger partial charge in [0.15, 0.2) is 17.3 Å². The molecular weight excluding hydrogens is 364 g/mol. The first-order valence-corrected chi connectivity index (χ1v) is 10.0. The summed E-state index contributed by atoms with van der Waals surface area (Å²) < 4.78 is 11.0.